The fourth-order valence-corrected chi connectivity index (χ4v) is 3.12. The highest BCUT2D eigenvalue weighted by Crippen LogP contribution is 2.41. The maximum Gasteiger partial charge on any atom is 0.313 e. The number of carboxylic acids is 1. The van der Waals surface area contributed by atoms with E-state index in [0.29, 0.717) is 11.1 Å². The molecule has 7 heteroatoms. The number of hydrogen-bond donors (Lipinski definition) is 1. The van der Waals surface area contributed by atoms with Crippen LogP contribution in [-0.4, -0.2) is 31.6 Å². The van der Waals surface area contributed by atoms with E-state index < -0.39 is 5.97 Å². The number of thioether (sulfide) groups is 1. The summed E-state index contributed by atoms with van der Waals surface area (Å²) in [5.41, 5.74) is 0. The molecule has 1 aliphatic carbocycles. The first-order valence-electron chi connectivity index (χ1n) is 6.97. The van der Waals surface area contributed by atoms with E-state index >= 15 is 0 Å². The van der Waals surface area contributed by atoms with Crippen molar-refractivity contribution in [3.8, 4) is 0 Å². The lowest BCUT2D eigenvalue weighted by atomic mass is 10.2. The molecule has 1 N–H and O–H groups in total. The van der Waals surface area contributed by atoms with E-state index in [1.807, 2.05) is 12.1 Å². The van der Waals surface area contributed by atoms with Crippen molar-refractivity contribution in [2.24, 2.45) is 0 Å². The molecular formula is C14H17N3O3S. The van der Waals surface area contributed by atoms with Crippen molar-refractivity contribution in [3.63, 3.8) is 0 Å². The highest BCUT2D eigenvalue weighted by Gasteiger charge is 2.32. The Kier molecular flexibility index (Phi) is 4.01. The third kappa shape index (κ3) is 3.29. The number of aromatic nitrogens is 3. The molecule has 0 amide bonds. The van der Waals surface area contributed by atoms with E-state index in [1.165, 1.54) is 11.8 Å². The SMILES string of the molecule is CC(Cc1ccco1)n1c(SCC(=O)O)nnc1C1CC1. The Morgan fingerprint density at radius 3 is 3.00 bits per heavy atom. The van der Waals surface area contributed by atoms with Crippen molar-refractivity contribution in [2.45, 2.75) is 43.3 Å². The van der Waals surface area contributed by atoms with Gasteiger partial charge in [0.2, 0.25) is 0 Å². The lowest BCUT2D eigenvalue weighted by molar-refractivity contribution is -0.133. The van der Waals surface area contributed by atoms with Gasteiger partial charge in [-0.15, -0.1) is 10.2 Å². The maximum absolute atomic E-state index is 10.8. The molecule has 112 valence electrons. The predicted molar refractivity (Wildman–Crippen MR) is 77.5 cm³/mol. The minimum absolute atomic E-state index is 0.00370. The number of aliphatic carboxylic acids is 1. The van der Waals surface area contributed by atoms with Gasteiger partial charge in [-0.2, -0.15) is 0 Å². The molecule has 2 heterocycles. The predicted octanol–water partition coefficient (Wildman–Crippen LogP) is 2.73. The van der Waals surface area contributed by atoms with E-state index in [1.54, 1.807) is 6.26 Å². The highest BCUT2D eigenvalue weighted by atomic mass is 32.2. The van der Waals surface area contributed by atoms with Gasteiger partial charge in [-0.05, 0) is 31.9 Å². The Morgan fingerprint density at radius 2 is 2.38 bits per heavy atom. The van der Waals surface area contributed by atoms with Gasteiger partial charge in [-0.25, -0.2) is 0 Å². The van der Waals surface area contributed by atoms with Crippen molar-refractivity contribution in [2.75, 3.05) is 5.75 Å². The second-order valence-electron chi connectivity index (χ2n) is 5.30. The Hall–Kier alpha value is -1.76. The molecule has 0 aliphatic heterocycles. The first-order valence-corrected chi connectivity index (χ1v) is 7.95. The first kappa shape index (κ1) is 14.2. The quantitative estimate of drug-likeness (QED) is 0.792. The zero-order valence-corrected chi connectivity index (χ0v) is 12.5. The van der Waals surface area contributed by atoms with Crippen LogP contribution >= 0.6 is 11.8 Å². The molecule has 1 fully saturated rings. The summed E-state index contributed by atoms with van der Waals surface area (Å²) in [6, 6.07) is 3.95. The van der Waals surface area contributed by atoms with Crippen molar-refractivity contribution < 1.29 is 14.3 Å². The van der Waals surface area contributed by atoms with Gasteiger partial charge in [0, 0.05) is 18.4 Å². The van der Waals surface area contributed by atoms with Crippen LogP contribution in [0.2, 0.25) is 0 Å². The molecular weight excluding hydrogens is 290 g/mol. The van der Waals surface area contributed by atoms with Gasteiger partial charge >= 0.3 is 5.97 Å². The zero-order valence-electron chi connectivity index (χ0n) is 11.7. The number of carbonyl (C=O) groups is 1. The van der Waals surface area contributed by atoms with Gasteiger partial charge in [0.05, 0.1) is 12.0 Å². The summed E-state index contributed by atoms with van der Waals surface area (Å²) in [7, 11) is 0. The molecule has 3 rings (SSSR count). The topological polar surface area (TPSA) is 81.2 Å². The highest BCUT2D eigenvalue weighted by molar-refractivity contribution is 7.99. The van der Waals surface area contributed by atoms with Crippen molar-refractivity contribution in [1.82, 2.24) is 14.8 Å². The number of nitrogens with zero attached hydrogens (tertiary/aromatic N) is 3. The van der Waals surface area contributed by atoms with Crippen LogP contribution < -0.4 is 0 Å². The van der Waals surface area contributed by atoms with Gasteiger partial charge < -0.3 is 14.1 Å². The second-order valence-corrected chi connectivity index (χ2v) is 6.24. The molecule has 21 heavy (non-hydrogen) atoms. The van der Waals surface area contributed by atoms with Crippen molar-refractivity contribution >= 4 is 17.7 Å². The molecule has 0 bridgehead atoms. The summed E-state index contributed by atoms with van der Waals surface area (Å²) < 4.78 is 7.48. The third-order valence-corrected chi connectivity index (χ3v) is 4.40. The molecule has 1 unspecified atom stereocenters. The van der Waals surface area contributed by atoms with Crippen LogP contribution in [0.4, 0.5) is 0 Å². The van der Waals surface area contributed by atoms with E-state index in [4.69, 9.17) is 9.52 Å². The maximum atomic E-state index is 10.8. The number of furan rings is 1. The van der Waals surface area contributed by atoms with Gasteiger partial charge in [0.15, 0.2) is 5.16 Å². The molecule has 1 saturated carbocycles. The molecule has 0 aromatic carbocycles. The lowest BCUT2D eigenvalue weighted by Crippen LogP contribution is -2.13. The van der Waals surface area contributed by atoms with Crippen molar-refractivity contribution in [3.05, 3.63) is 30.0 Å². The minimum atomic E-state index is -0.846. The Bertz CT molecular complexity index is 619. The zero-order chi connectivity index (χ0) is 14.8. The fraction of sp³-hybridized carbons (Fsp3) is 0.500. The third-order valence-electron chi connectivity index (χ3n) is 3.48. The van der Waals surface area contributed by atoms with Crippen LogP contribution in [0.1, 0.15) is 43.3 Å². The normalized spacial score (nSPS) is 16.0. The molecule has 2 aromatic heterocycles. The summed E-state index contributed by atoms with van der Waals surface area (Å²) in [6.07, 6.45) is 4.67. The van der Waals surface area contributed by atoms with Crippen LogP contribution in [0.25, 0.3) is 0 Å². The van der Waals surface area contributed by atoms with E-state index in [2.05, 4.69) is 21.7 Å². The van der Waals surface area contributed by atoms with Crippen LogP contribution in [0.15, 0.2) is 28.0 Å². The van der Waals surface area contributed by atoms with Crippen LogP contribution in [-0.2, 0) is 11.2 Å². The van der Waals surface area contributed by atoms with Gasteiger partial charge in [0.25, 0.3) is 0 Å². The molecule has 0 saturated heterocycles. The minimum Gasteiger partial charge on any atom is -0.481 e. The van der Waals surface area contributed by atoms with Gasteiger partial charge in [0.1, 0.15) is 11.6 Å². The average Bonchev–Trinajstić information content (AvgIpc) is 2.99. The summed E-state index contributed by atoms with van der Waals surface area (Å²) in [4.78, 5) is 10.8. The summed E-state index contributed by atoms with van der Waals surface area (Å²) in [5, 5.41) is 18.0. The number of hydrogen-bond acceptors (Lipinski definition) is 5. The Morgan fingerprint density at radius 1 is 1.57 bits per heavy atom. The Labute approximate surface area is 126 Å². The molecule has 2 aromatic rings. The standard InChI is InChI=1S/C14H17N3O3S/c1-9(7-11-3-2-6-20-11)17-13(10-4-5-10)15-16-14(17)21-8-12(18)19/h2-3,6,9-10H,4-5,7-8H2,1H3,(H,18,19). The monoisotopic (exact) mass is 307 g/mol. The largest absolute Gasteiger partial charge is 0.481 e. The lowest BCUT2D eigenvalue weighted by Gasteiger charge is -2.16. The van der Waals surface area contributed by atoms with Gasteiger partial charge in [-0.3, -0.25) is 4.79 Å². The molecule has 0 radical (unpaired) electrons. The molecule has 1 aliphatic rings. The van der Waals surface area contributed by atoms with Crippen LogP contribution in [0.5, 0.6) is 0 Å². The Balaban J connectivity index is 1.82. The van der Waals surface area contributed by atoms with E-state index in [-0.39, 0.29) is 11.8 Å². The number of rotatable bonds is 7. The van der Waals surface area contributed by atoms with E-state index in [0.717, 1.165) is 30.8 Å². The summed E-state index contributed by atoms with van der Waals surface area (Å²) in [5.74, 6) is 1.50. The summed E-state index contributed by atoms with van der Waals surface area (Å²) >= 11 is 1.22. The van der Waals surface area contributed by atoms with Gasteiger partial charge in [-0.1, -0.05) is 11.8 Å². The smallest absolute Gasteiger partial charge is 0.313 e. The first-order chi connectivity index (χ1) is 10.1. The molecule has 1 atom stereocenters. The van der Waals surface area contributed by atoms with E-state index in [9.17, 15) is 4.79 Å². The summed E-state index contributed by atoms with van der Waals surface area (Å²) in [6.45, 7) is 2.09. The van der Waals surface area contributed by atoms with Crippen LogP contribution in [0, 0.1) is 0 Å². The van der Waals surface area contributed by atoms with Crippen LogP contribution in [0.3, 0.4) is 0 Å². The van der Waals surface area contributed by atoms with Crippen molar-refractivity contribution in [1.29, 1.82) is 0 Å². The number of carboxylic acid groups (broad SMARTS) is 1. The average molecular weight is 307 g/mol. The molecule has 6 nitrogen and oxygen atoms in total. The fourth-order valence-electron chi connectivity index (χ4n) is 2.36. The second kappa shape index (κ2) is 5.93. The molecule has 0 spiro atoms.